The van der Waals surface area contributed by atoms with Crippen molar-refractivity contribution in [2.75, 3.05) is 6.61 Å². The van der Waals surface area contributed by atoms with E-state index in [-0.39, 0.29) is 24.9 Å². The summed E-state index contributed by atoms with van der Waals surface area (Å²) in [6, 6.07) is -0.697. The van der Waals surface area contributed by atoms with Crippen molar-refractivity contribution in [2.24, 2.45) is 0 Å². The number of allylic oxidation sites excluding steroid dienone is 2. The average Bonchev–Trinajstić information content (AvgIpc) is 3.13. The summed E-state index contributed by atoms with van der Waals surface area (Å²) < 4.78 is 5.88. The van der Waals surface area contributed by atoms with E-state index in [0.717, 1.165) is 64.2 Å². The molecule has 52 heavy (non-hydrogen) atoms. The maximum atomic E-state index is 13.1. The van der Waals surface area contributed by atoms with E-state index in [4.69, 9.17) is 4.74 Å². The third-order valence-corrected chi connectivity index (χ3v) is 10.6. The van der Waals surface area contributed by atoms with Crippen LogP contribution >= 0.6 is 0 Å². The molecule has 0 aromatic rings. The molecule has 3 unspecified atom stereocenters. The molecule has 0 aliphatic heterocycles. The van der Waals surface area contributed by atoms with E-state index in [1.807, 2.05) is 0 Å². The highest BCUT2D eigenvalue weighted by Crippen LogP contribution is 2.17. The van der Waals surface area contributed by atoms with Gasteiger partial charge in [-0.15, -0.1) is 0 Å². The fourth-order valence-corrected chi connectivity index (χ4v) is 7.06. The minimum Gasteiger partial charge on any atom is -0.462 e. The van der Waals surface area contributed by atoms with E-state index >= 15 is 0 Å². The largest absolute Gasteiger partial charge is 0.462 e. The van der Waals surface area contributed by atoms with Gasteiger partial charge in [0.25, 0.3) is 0 Å². The maximum Gasteiger partial charge on any atom is 0.306 e. The van der Waals surface area contributed by atoms with E-state index in [1.165, 1.54) is 135 Å². The molecular formula is C46H89NO5. The number of carbonyl (C=O) groups is 2. The van der Waals surface area contributed by atoms with Gasteiger partial charge in [0.1, 0.15) is 6.10 Å². The quantitative estimate of drug-likeness (QED) is 0.0330. The highest BCUT2D eigenvalue weighted by Gasteiger charge is 2.24. The van der Waals surface area contributed by atoms with Crippen LogP contribution in [0.3, 0.4) is 0 Å². The van der Waals surface area contributed by atoms with Gasteiger partial charge in [0, 0.05) is 6.42 Å². The Hall–Kier alpha value is -1.40. The SMILES string of the molecule is CCCC/C=C\CCCCCC(CC(=O)NC(CO)C(O)CCCCCCCCCCCCC)OC(=O)CCCCCCCCCCCCCCC. The van der Waals surface area contributed by atoms with Gasteiger partial charge in [-0.1, -0.05) is 200 Å². The van der Waals surface area contributed by atoms with E-state index in [9.17, 15) is 19.8 Å². The van der Waals surface area contributed by atoms with Crippen molar-refractivity contribution in [1.29, 1.82) is 0 Å². The Kier molecular flexibility index (Phi) is 39.7. The van der Waals surface area contributed by atoms with Gasteiger partial charge in [-0.25, -0.2) is 0 Å². The summed E-state index contributed by atoms with van der Waals surface area (Å²) in [6.07, 6.45) is 42.7. The minimum absolute atomic E-state index is 0.0724. The predicted octanol–water partition coefficient (Wildman–Crippen LogP) is 13.0. The number of rotatable bonds is 41. The van der Waals surface area contributed by atoms with Gasteiger partial charge in [0.05, 0.1) is 25.2 Å². The maximum absolute atomic E-state index is 13.1. The number of hydrogen-bond acceptors (Lipinski definition) is 5. The van der Waals surface area contributed by atoms with Crippen LogP contribution in [0.5, 0.6) is 0 Å². The minimum atomic E-state index is -0.783. The second-order valence-corrected chi connectivity index (χ2v) is 15.8. The molecule has 6 nitrogen and oxygen atoms in total. The van der Waals surface area contributed by atoms with Crippen LogP contribution < -0.4 is 5.32 Å². The smallest absolute Gasteiger partial charge is 0.306 e. The Morgan fingerprint density at radius 1 is 0.538 bits per heavy atom. The second-order valence-electron chi connectivity index (χ2n) is 15.8. The van der Waals surface area contributed by atoms with E-state index in [2.05, 4.69) is 38.2 Å². The lowest BCUT2D eigenvalue weighted by molar-refractivity contribution is -0.151. The summed E-state index contributed by atoms with van der Waals surface area (Å²) in [5.74, 6) is -0.482. The number of hydrogen-bond donors (Lipinski definition) is 3. The first-order chi connectivity index (χ1) is 25.5. The molecule has 0 rings (SSSR count). The first-order valence-corrected chi connectivity index (χ1v) is 22.9. The van der Waals surface area contributed by atoms with Gasteiger partial charge in [0.2, 0.25) is 5.91 Å². The van der Waals surface area contributed by atoms with Crippen molar-refractivity contribution in [3.05, 3.63) is 12.2 Å². The zero-order valence-electron chi connectivity index (χ0n) is 35.0. The van der Waals surface area contributed by atoms with E-state index < -0.39 is 18.2 Å². The van der Waals surface area contributed by atoms with Gasteiger partial charge in [0.15, 0.2) is 0 Å². The van der Waals surface area contributed by atoms with Crippen LogP contribution in [0.15, 0.2) is 12.2 Å². The number of unbranched alkanes of at least 4 members (excludes halogenated alkanes) is 27. The summed E-state index contributed by atoms with van der Waals surface area (Å²) >= 11 is 0. The fourth-order valence-electron chi connectivity index (χ4n) is 7.06. The van der Waals surface area contributed by atoms with Crippen LogP contribution in [0.1, 0.15) is 245 Å². The molecule has 308 valence electrons. The Morgan fingerprint density at radius 2 is 0.942 bits per heavy atom. The zero-order chi connectivity index (χ0) is 38.2. The van der Waals surface area contributed by atoms with E-state index in [0.29, 0.717) is 19.3 Å². The third kappa shape index (κ3) is 35.6. The second kappa shape index (κ2) is 40.8. The number of ether oxygens (including phenoxy) is 1. The molecule has 3 N–H and O–H groups in total. The van der Waals surface area contributed by atoms with Crippen molar-refractivity contribution >= 4 is 11.9 Å². The number of aliphatic hydroxyl groups is 2. The predicted molar refractivity (Wildman–Crippen MR) is 223 cm³/mol. The lowest BCUT2D eigenvalue weighted by atomic mass is 10.0. The molecule has 0 spiro atoms. The van der Waals surface area contributed by atoms with Gasteiger partial charge in [-0.05, 0) is 44.9 Å². The first kappa shape index (κ1) is 50.6. The molecule has 0 heterocycles. The van der Waals surface area contributed by atoms with Crippen LogP contribution in [0.4, 0.5) is 0 Å². The molecule has 0 saturated heterocycles. The molecular weight excluding hydrogens is 647 g/mol. The lowest BCUT2D eigenvalue weighted by Gasteiger charge is -2.24. The summed E-state index contributed by atoms with van der Waals surface area (Å²) in [5, 5.41) is 23.6. The molecule has 0 aromatic heterocycles. The molecule has 3 atom stereocenters. The van der Waals surface area contributed by atoms with Gasteiger partial charge >= 0.3 is 5.97 Å². The summed E-state index contributed by atoms with van der Waals surface area (Å²) in [6.45, 7) is 6.42. The summed E-state index contributed by atoms with van der Waals surface area (Å²) in [7, 11) is 0. The molecule has 0 fully saturated rings. The Labute approximate surface area is 323 Å². The highest BCUT2D eigenvalue weighted by molar-refractivity contribution is 5.77. The van der Waals surface area contributed by atoms with Gasteiger partial charge in [-0.2, -0.15) is 0 Å². The van der Waals surface area contributed by atoms with Crippen molar-refractivity contribution < 1.29 is 24.5 Å². The number of amides is 1. The van der Waals surface area contributed by atoms with Crippen molar-refractivity contribution in [3.63, 3.8) is 0 Å². The molecule has 0 aromatic carbocycles. The van der Waals surface area contributed by atoms with Crippen molar-refractivity contribution in [2.45, 2.75) is 264 Å². The molecule has 0 aliphatic carbocycles. The van der Waals surface area contributed by atoms with Crippen molar-refractivity contribution in [3.8, 4) is 0 Å². The fraction of sp³-hybridized carbons (Fsp3) is 0.913. The van der Waals surface area contributed by atoms with Crippen LogP contribution in [-0.2, 0) is 14.3 Å². The molecule has 6 heteroatoms. The topological polar surface area (TPSA) is 95.9 Å². The summed E-state index contributed by atoms with van der Waals surface area (Å²) in [4.78, 5) is 25.9. The number of esters is 1. The Bertz CT molecular complexity index is 787. The molecule has 1 amide bonds. The third-order valence-electron chi connectivity index (χ3n) is 10.6. The van der Waals surface area contributed by atoms with Gasteiger partial charge < -0.3 is 20.3 Å². The van der Waals surface area contributed by atoms with E-state index in [1.54, 1.807) is 0 Å². The number of nitrogens with one attached hydrogen (secondary N) is 1. The molecule has 0 saturated carbocycles. The standard InChI is InChI=1S/C46H89NO5/c1-4-7-10-13-16-19-21-22-24-27-30-33-36-39-46(51)52-42(37-34-31-28-25-18-15-12-9-6-3)40-45(50)47-43(41-48)44(49)38-35-32-29-26-23-20-17-14-11-8-5-2/h15,18,42-44,48-49H,4-14,16-17,19-41H2,1-3H3,(H,47,50)/b18-15-. The van der Waals surface area contributed by atoms with Crippen molar-refractivity contribution in [1.82, 2.24) is 5.32 Å². The molecule has 0 radical (unpaired) electrons. The Morgan fingerprint density at radius 3 is 1.42 bits per heavy atom. The Balaban J connectivity index is 4.51. The molecule has 0 aliphatic rings. The van der Waals surface area contributed by atoms with Gasteiger partial charge in [-0.3, -0.25) is 9.59 Å². The highest BCUT2D eigenvalue weighted by atomic mass is 16.5. The normalized spacial score (nSPS) is 13.4. The zero-order valence-corrected chi connectivity index (χ0v) is 35.0. The van der Waals surface area contributed by atoms with Crippen LogP contribution in [0.25, 0.3) is 0 Å². The average molecular weight is 736 g/mol. The van der Waals surface area contributed by atoms with Crippen LogP contribution in [0.2, 0.25) is 0 Å². The molecule has 0 bridgehead atoms. The van der Waals surface area contributed by atoms with Crippen LogP contribution in [0, 0.1) is 0 Å². The number of carbonyl (C=O) groups excluding carboxylic acids is 2. The summed E-state index contributed by atoms with van der Waals surface area (Å²) in [5.41, 5.74) is 0. The van der Waals surface area contributed by atoms with Crippen LogP contribution in [-0.4, -0.2) is 46.9 Å². The first-order valence-electron chi connectivity index (χ1n) is 22.9. The monoisotopic (exact) mass is 736 g/mol. The number of aliphatic hydroxyl groups excluding tert-OH is 2. The lowest BCUT2D eigenvalue weighted by Crippen LogP contribution is -2.46.